The monoisotopic (exact) mass is 166 g/mol. The summed E-state index contributed by atoms with van der Waals surface area (Å²) >= 11 is 0. The number of hydrogen-bond acceptors (Lipinski definition) is 0. The lowest BCUT2D eigenvalue weighted by Gasteiger charge is -2.32. The van der Waals surface area contributed by atoms with Gasteiger partial charge in [-0.2, -0.15) is 0 Å². The molecule has 0 bridgehead atoms. The van der Waals surface area contributed by atoms with Gasteiger partial charge < -0.3 is 0 Å². The molecule has 1 aliphatic rings. The molecule has 1 rings (SSSR count). The van der Waals surface area contributed by atoms with E-state index < -0.39 is 0 Å². The summed E-state index contributed by atoms with van der Waals surface area (Å²) in [6.07, 6.45) is 6.61. The normalized spacial score (nSPS) is 36.3. The van der Waals surface area contributed by atoms with Crippen molar-refractivity contribution < 1.29 is 0 Å². The molecule has 0 fully saturated rings. The molecule has 0 heterocycles. The van der Waals surface area contributed by atoms with Crippen LogP contribution in [0.25, 0.3) is 0 Å². The topological polar surface area (TPSA) is 0 Å². The van der Waals surface area contributed by atoms with Crippen LogP contribution in [-0.2, 0) is 0 Å². The summed E-state index contributed by atoms with van der Waals surface area (Å²) < 4.78 is 0. The van der Waals surface area contributed by atoms with Crippen molar-refractivity contribution in [1.29, 1.82) is 0 Å². The van der Waals surface area contributed by atoms with Crippen LogP contribution in [0.15, 0.2) is 11.6 Å². The van der Waals surface area contributed by atoms with Crippen molar-refractivity contribution >= 4 is 0 Å². The first-order valence-corrected chi connectivity index (χ1v) is 5.37. The highest BCUT2D eigenvalue weighted by Gasteiger charge is 2.24. The first kappa shape index (κ1) is 9.83. The molecule has 0 aromatic rings. The van der Waals surface area contributed by atoms with E-state index >= 15 is 0 Å². The van der Waals surface area contributed by atoms with E-state index in [2.05, 4.69) is 33.8 Å². The second-order valence-corrected chi connectivity index (χ2v) is 4.29. The molecule has 0 nitrogen and oxygen atoms in total. The van der Waals surface area contributed by atoms with Gasteiger partial charge in [-0.15, -0.1) is 0 Å². The molecule has 0 aliphatic heterocycles. The van der Waals surface area contributed by atoms with Crippen molar-refractivity contribution in [2.24, 2.45) is 17.8 Å². The first-order valence-electron chi connectivity index (χ1n) is 5.37. The molecule has 3 unspecified atom stereocenters. The van der Waals surface area contributed by atoms with Crippen LogP contribution >= 0.6 is 0 Å². The minimum atomic E-state index is 0.831. The highest BCUT2D eigenvalue weighted by Crippen LogP contribution is 2.36. The molecule has 1 aliphatic carbocycles. The molecule has 0 heteroatoms. The summed E-state index contributed by atoms with van der Waals surface area (Å²) in [6, 6.07) is 0. The van der Waals surface area contributed by atoms with Crippen molar-refractivity contribution in [3.05, 3.63) is 11.6 Å². The summed E-state index contributed by atoms with van der Waals surface area (Å²) in [5.74, 6) is 2.65. The van der Waals surface area contributed by atoms with Crippen LogP contribution in [0.5, 0.6) is 0 Å². The van der Waals surface area contributed by atoms with E-state index in [1.54, 1.807) is 5.57 Å². The molecule has 12 heavy (non-hydrogen) atoms. The third-order valence-corrected chi connectivity index (χ3v) is 3.51. The Morgan fingerprint density at radius 1 is 1.33 bits per heavy atom. The average Bonchev–Trinajstić information content (AvgIpc) is 2.09. The molecule has 0 saturated carbocycles. The van der Waals surface area contributed by atoms with Crippen LogP contribution in [0.3, 0.4) is 0 Å². The van der Waals surface area contributed by atoms with E-state index in [4.69, 9.17) is 0 Å². The highest BCUT2D eigenvalue weighted by atomic mass is 14.3. The van der Waals surface area contributed by atoms with Crippen molar-refractivity contribution in [3.63, 3.8) is 0 Å². The number of rotatable bonds is 2. The zero-order valence-electron chi connectivity index (χ0n) is 8.93. The maximum Gasteiger partial charge on any atom is -0.0205 e. The van der Waals surface area contributed by atoms with Gasteiger partial charge in [0.1, 0.15) is 0 Å². The van der Waals surface area contributed by atoms with Crippen molar-refractivity contribution in [1.82, 2.24) is 0 Å². The maximum atomic E-state index is 2.52. The summed E-state index contributed by atoms with van der Waals surface area (Å²) in [4.78, 5) is 0. The molecule has 70 valence electrons. The van der Waals surface area contributed by atoms with Crippen LogP contribution in [-0.4, -0.2) is 0 Å². The van der Waals surface area contributed by atoms with Gasteiger partial charge in [0, 0.05) is 0 Å². The third-order valence-electron chi connectivity index (χ3n) is 3.51. The quantitative estimate of drug-likeness (QED) is 0.543. The smallest absolute Gasteiger partial charge is 0.0205 e. The van der Waals surface area contributed by atoms with Crippen molar-refractivity contribution in [2.75, 3.05) is 0 Å². The molecule has 0 aromatic carbocycles. The summed E-state index contributed by atoms with van der Waals surface area (Å²) in [5.41, 5.74) is 1.62. The van der Waals surface area contributed by atoms with E-state index in [-0.39, 0.29) is 0 Å². The minimum absolute atomic E-state index is 0.831. The third kappa shape index (κ3) is 1.91. The average molecular weight is 166 g/mol. The van der Waals surface area contributed by atoms with Gasteiger partial charge in [0.25, 0.3) is 0 Å². The largest absolute Gasteiger partial charge is 0.0820 e. The summed E-state index contributed by atoms with van der Waals surface area (Å²) in [6.45, 7) is 9.29. The van der Waals surface area contributed by atoms with E-state index in [1.165, 1.54) is 19.3 Å². The predicted molar refractivity (Wildman–Crippen MR) is 55.1 cm³/mol. The first-order chi connectivity index (χ1) is 5.69. The SMILES string of the molecule is CCC1C=C(C)C(C)CC1CC. The molecule has 0 radical (unpaired) electrons. The van der Waals surface area contributed by atoms with Gasteiger partial charge in [0.15, 0.2) is 0 Å². The van der Waals surface area contributed by atoms with E-state index in [9.17, 15) is 0 Å². The fraction of sp³-hybridized carbons (Fsp3) is 0.833. The van der Waals surface area contributed by atoms with Crippen LogP contribution < -0.4 is 0 Å². The maximum absolute atomic E-state index is 2.52. The van der Waals surface area contributed by atoms with Crippen LogP contribution in [0.4, 0.5) is 0 Å². The van der Waals surface area contributed by atoms with Gasteiger partial charge in [-0.05, 0) is 37.5 Å². The molecule has 0 N–H and O–H groups in total. The molecule has 0 amide bonds. The van der Waals surface area contributed by atoms with E-state index in [0.717, 1.165) is 17.8 Å². The Balaban J connectivity index is 2.70. The molecule has 0 spiro atoms. The fourth-order valence-electron chi connectivity index (χ4n) is 2.37. The Morgan fingerprint density at radius 3 is 2.50 bits per heavy atom. The second kappa shape index (κ2) is 4.11. The highest BCUT2D eigenvalue weighted by molar-refractivity contribution is 5.10. The lowest BCUT2D eigenvalue weighted by atomic mass is 9.74. The van der Waals surface area contributed by atoms with Crippen molar-refractivity contribution in [2.45, 2.75) is 47.0 Å². The predicted octanol–water partition coefficient (Wildman–Crippen LogP) is 4.02. The Kier molecular flexibility index (Phi) is 3.37. The lowest BCUT2D eigenvalue weighted by molar-refractivity contribution is 0.293. The van der Waals surface area contributed by atoms with Crippen molar-refractivity contribution in [3.8, 4) is 0 Å². The van der Waals surface area contributed by atoms with Gasteiger partial charge in [0.2, 0.25) is 0 Å². The molecular formula is C12H22. The molecule has 3 atom stereocenters. The molecule has 0 saturated heterocycles. The van der Waals surface area contributed by atoms with Gasteiger partial charge >= 0.3 is 0 Å². The van der Waals surface area contributed by atoms with Gasteiger partial charge in [-0.1, -0.05) is 38.8 Å². The Hall–Kier alpha value is -0.260. The van der Waals surface area contributed by atoms with Gasteiger partial charge in [-0.3, -0.25) is 0 Å². The van der Waals surface area contributed by atoms with Gasteiger partial charge in [-0.25, -0.2) is 0 Å². The second-order valence-electron chi connectivity index (χ2n) is 4.29. The van der Waals surface area contributed by atoms with Gasteiger partial charge in [0.05, 0.1) is 0 Å². The van der Waals surface area contributed by atoms with Crippen LogP contribution in [0.2, 0.25) is 0 Å². The Labute approximate surface area is 77.1 Å². The minimum Gasteiger partial charge on any atom is -0.0820 e. The summed E-state index contributed by atoms with van der Waals surface area (Å²) in [7, 11) is 0. The van der Waals surface area contributed by atoms with E-state index in [1.807, 2.05) is 0 Å². The number of allylic oxidation sites excluding steroid dienone is 2. The van der Waals surface area contributed by atoms with E-state index in [0.29, 0.717) is 0 Å². The standard InChI is InChI=1S/C12H22/c1-5-11-7-9(3)10(4)8-12(11)6-2/h7,10-12H,5-6,8H2,1-4H3. The Bertz CT molecular complexity index is 167. The fourth-order valence-corrected chi connectivity index (χ4v) is 2.37. The molecular weight excluding hydrogens is 144 g/mol. The Morgan fingerprint density at radius 2 is 2.00 bits per heavy atom. The lowest BCUT2D eigenvalue weighted by Crippen LogP contribution is -2.20. The zero-order chi connectivity index (χ0) is 9.14. The molecule has 0 aromatic heterocycles. The van der Waals surface area contributed by atoms with Crippen LogP contribution in [0, 0.1) is 17.8 Å². The summed E-state index contributed by atoms with van der Waals surface area (Å²) in [5, 5.41) is 0. The zero-order valence-corrected chi connectivity index (χ0v) is 8.93. The number of hydrogen-bond donors (Lipinski definition) is 0. The van der Waals surface area contributed by atoms with Crippen LogP contribution in [0.1, 0.15) is 47.0 Å².